The van der Waals surface area contributed by atoms with Crippen LogP contribution in [0.1, 0.15) is 31.2 Å². The average Bonchev–Trinajstić information content (AvgIpc) is 3.85. The number of ketones is 1. The Morgan fingerprint density at radius 1 is 0.978 bits per heavy atom. The van der Waals surface area contributed by atoms with E-state index in [1.807, 2.05) is 0 Å². The van der Waals surface area contributed by atoms with Crippen molar-refractivity contribution >= 4 is 28.3 Å². The van der Waals surface area contributed by atoms with Crippen LogP contribution in [-0.4, -0.2) is 60.4 Å². The Morgan fingerprint density at radius 3 is 2.42 bits per heavy atom. The number of anilines is 1. The highest BCUT2D eigenvalue weighted by Crippen LogP contribution is 2.48. The van der Waals surface area contributed by atoms with Gasteiger partial charge in [0.05, 0.1) is 24.6 Å². The van der Waals surface area contributed by atoms with Crippen LogP contribution in [0.4, 0.5) is 14.5 Å². The summed E-state index contributed by atoms with van der Waals surface area (Å²) in [5.74, 6) is -0.364. The number of benzene rings is 3. The van der Waals surface area contributed by atoms with E-state index in [0.717, 1.165) is 32.0 Å². The number of carbonyl (C=O) groups excluding carboxylic acids is 2. The lowest BCUT2D eigenvalue weighted by molar-refractivity contribution is -0.132. The fourth-order valence-electron chi connectivity index (χ4n) is 5.56. The third kappa shape index (κ3) is 6.73. The fraction of sp³-hybridized carbons (Fsp3) is 0.353. The molecule has 2 heterocycles. The van der Waals surface area contributed by atoms with Crippen molar-refractivity contribution in [2.45, 2.75) is 32.1 Å². The number of methoxy groups -OCH3 is 1. The van der Waals surface area contributed by atoms with Crippen molar-refractivity contribution in [3.63, 3.8) is 0 Å². The monoisotopic (exact) mass is 616 g/mol. The number of piperidine rings is 1. The highest BCUT2D eigenvalue weighted by atomic mass is 19.1. The van der Waals surface area contributed by atoms with E-state index in [0.29, 0.717) is 53.3 Å². The van der Waals surface area contributed by atoms with Crippen molar-refractivity contribution in [1.29, 1.82) is 0 Å². The Labute approximate surface area is 259 Å². The number of ether oxygens (including phenoxy) is 3. The molecule has 1 saturated carbocycles. The van der Waals surface area contributed by atoms with E-state index < -0.39 is 23.0 Å². The number of rotatable bonds is 11. The Bertz CT molecular complexity index is 1720. The van der Waals surface area contributed by atoms with Crippen molar-refractivity contribution in [3.8, 4) is 23.1 Å². The van der Waals surface area contributed by atoms with Crippen LogP contribution in [-0.2, 0) is 16.0 Å². The summed E-state index contributed by atoms with van der Waals surface area (Å²) < 4.78 is 46.0. The smallest absolute Gasteiger partial charge is 0.238 e. The first-order chi connectivity index (χ1) is 21.7. The first kappa shape index (κ1) is 30.4. The molecule has 0 radical (unpaired) electrons. The van der Waals surface area contributed by atoms with Gasteiger partial charge in [-0.05, 0) is 87.6 Å². The third-order valence-electron chi connectivity index (χ3n) is 8.59. The molecule has 1 saturated heterocycles. The van der Waals surface area contributed by atoms with E-state index in [4.69, 9.17) is 14.2 Å². The number of nitrogens with zero attached hydrogens (tertiary/aromatic N) is 3. The lowest BCUT2D eigenvalue weighted by Crippen LogP contribution is -2.32. The molecule has 0 unspecified atom stereocenters. The maximum Gasteiger partial charge on any atom is 0.238 e. The lowest BCUT2D eigenvalue weighted by Gasteiger charge is -2.28. The van der Waals surface area contributed by atoms with Gasteiger partial charge in [0.25, 0.3) is 0 Å². The summed E-state index contributed by atoms with van der Waals surface area (Å²) in [5, 5.41) is 3.17. The summed E-state index contributed by atoms with van der Waals surface area (Å²) in [6.45, 7) is 2.65. The number of nitrogens with one attached hydrogen (secondary N) is 1. The summed E-state index contributed by atoms with van der Waals surface area (Å²) in [6, 6.07) is 13.1. The number of aromatic nitrogens is 2. The first-order valence-corrected chi connectivity index (χ1v) is 14.9. The lowest BCUT2D eigenvalue weighted by atomic mass is 9.94. The molecule has 234 valence electrons. The molecule has 1 aliphatic carbocycles. The Kier molecular flexibility index (Phi) is 8.62. The highest BCUT2D eigenvalue weighted by Gasteiger charge is 2.55. The van der Waals surface area contributed by atoms with Gasteiger partial charge in [-0.3, -0.25) is 9.59 Å². The van der Waals surface area contributed by atoms with Crippen LogP contribution in [0, 0.1) is 23.0 Å². The molecule has 1 aliphatic heterocycles. The number of hydrogen-bond acceptors (Lipinski definition) is 8. The van der Waals surface area contributed by atoms with Crippen LogP contribution in [0.2, 0.25) is 0 Å². The average molecular weight is 617 g/mol. The van der Waals surface area contributed by atoms with E-state index in [2.05, 4.69) is 27.2 Å². The summed E-state index contributed by atoms with van der Waals surface area (Å²) in [4.78, 5) is 36.9. The Balaban J connectivity index is 1.13. The minimum absolute atomic E-state index is 0.0124. The maximum atomic E-state index is 15.2. The predicted molar refractivity (Wildman–Crippen MR) is 164 cm³/mol. The van der Waals surface area contributed by atoms with E-state index in [9.17, 15) is 14.0 Å². The SMILES string of the molecule is COc1cc2c(Oc3ccc(NC(=O)C4(C(=O)Cc5ccc(F)cc5)CC4)cc3F)ncnc2cc1OCC1CCN(C)CC1. The number of Topliss-reactive ketones (excluding diaryl/α,β-unsaturated/α-hetero) is 1. The van der Waals surface area contributed by atoms with Gasteiger partial charge in [0, 0.05) is 24.2 Å². The van der Waals surface area contributed by atoms with Crippen LogP contribution in [0.5, 0.6) is 23.1 Å². The van der Waals surface area contributed by atoms with Gasteiger partial charge >= 0.3 is 0 Å². The van der Waals surface area contributed by atoms with Crippen LogP contribution in [0.3, 0.4) is 0 Å². The van der Waals surface area contributed by atoms with Crippen LogP contribution >= 0.6 is 0 Å². The number of fused-ring (bicyclic) bond motifs is 1. The molecule has 2 fully saturated rings. The highest BCUT2D eigenvalue weighted by molar-refractivity contribution is 6.14. The van der Waals surface area contributed by atoms with Gasteiger partial charge in [0.1, 0.15) is 17.6 Å². The number of hydrogen-bond donors (Lipinski definition) is 1. The Hall–Kier alpha value is -4.64. The molecule has 0 spiro atoms. The molecule has 1 N–H and O–H groups in total. The van der Waals surface area contributed by atoms with Gasteiger partial charge in [0.2, 0.25) is 11.8 Å². The fourth-order valence-corrected chi connectivity index (χ4v) is 5.56. The molecule has 4 aromatic rings. The second-order valence-electron chi connectivity index (χ2n) is 11.8. The van der Waals surface area contributed by atoms with Gasteiger partial charge in [-0.15, -0.1) is 0 Å². The van der Waals surface area contributed by atoms with Crippen molar-refractivity contribution in [1.82, 2.24) is 14.9 Å². The van der Waals surface area contributed by atoms with Crippen LogP contribution < -0.4 is 19.5 Å². The van der Waals surface area contributed by atoms with Crippen LogP contribution in [0.25, 0.3) is 10.9 Å². The largest absolute Gasteiger partial charge is 0.493 e. The van der Waals surface area contributed by atoms with Gasteiger partial charge in [-0.1, -0.05) is 12.1 Å². The second kappa shape index (κ2) is 12.8. The van der Waals surface area contributed by atoms with E-state index >= 15 is 4.39 Å². The first-order valence-electron chi connectivity index (χ1n) is 14.9. The number of carbonyl (C=O) groups is 2. The predicted octanol–water partition coefficient (Wildman–Crippen LogP) is 5.96. The van der Waals surface area contributed by atoms with Gasteiger partial charge in [-0.25, -0.2) is 18.7 Å². The standard InChI is InChI=1S/C34H34F2N4O5/c1-40-13-9-22(10-14-40)19-44-30-18-27-25(17-29(30)43-2)32(38-20-37-27)45-28-8-7-24(16-26(28)36)39-33(42)34(11-12-34)31(41)15-21-3-5-23(35)6-4-21/h3-8,16-18,20,22H,9-15,19H2,1-2H3,(H,39,42). The molecular formula is C34H34F2N4O5. The molecule has 6 rings (SSSR count). The molecule has 9 nitrogen and oxygen atoms in total. The zero-order valence-corrected chi connectivity index (χ0v) is 25.1. The number of halogens is 2. The normalized spacial score (nSPS) is 16.3. The van der Waals surface area contributed by atoms with Crippen molar-refractivity contribution < 1.29 is 32.6 Å². The summed E-state index contributed by atoms with van der Waals surface area (Å²) in [5.41, 5.74) is 0.184. The number of amides is 1. The maximum absolute atomic E-state index is 15.2. The molecule has 0 bridgehead atoms. The van der Waals surface area contributed by atoms with Gasteiger partial charge < -0.3 is 24.4 Å². The van der Waals surface area contributed by atoms with Crippen molar-refractivity contribution in [2.24, 2.45) is 11.3 Å². The van der Waals surface area contributed by atoms with Gasteiger partial charge in [-0.2, -0.15) is 0 Å². The molecule has 2 aliphatic rings. The molecule has 11 heteroatoms. The quantitative estimate of drug-likeness (QED) is 0.206. The molecule has 1 aromatic heterocycles. The molecule has 0 atom stereocenters. The molecule has 1 amide bonds. The second-order valence-corrected chi connectivity index (χ2v) is 11.8. The topological polar surface area (TPSA) is 103 Å². The van der Waals surface area contributed by atoms with E-state index in [1.165, 1.54) is 42.7 Å². The van der Waals surface area contributed by atoms with Crippen molar-refractivity contribution in [2.75, 3.05) is 39.2 Å². The third-order valence-corrected chi connectivity index (χ3v) is 8.59. The summed E-state index contributed by atoms with van der Waals surface area (Å²) in [6.07, 6.45) is 4.28. The molecule has 45 heavy (non-hydrogen) atoms. The zero-order valence-electron chi connectivity index (χ0n) is 25.1. The Morgan fingerprint density at radius 2 is 1.73 bits per heavy atom. The number of likely N-dealkylation sites (tertiary alicyclic amines) is 1. The van der Waals surface area contributed by atoms with E-state index in [-0.39, 0.29) is 29.5 Å². The molecular weight excluding hydrogens is 582 g/mol. The zero-order chi connectivity index (χ0) is 31.6. The minimum atomic E-state index is -1.17. The van der Waals surface area contributed by atoms with Gasteiger partial charge in [0.15, 0.2) is 28.8 Å². The molecule has 3 aromatic carbocycles. The van der Waals surface area contributed by atoms with Crippen molar-refractivity contribution in [3.05, 3.63) is 78.1 Å². The van der Waals surface area contributed by atoms with E-state index in [1.54, 1.807) is 19.2 Å². The summed E-state index contributed by atoms with van der Waals surface area (Å²) in [7, 11) is 3.66. The minimum Gasteiger partial charge on any atom is -0.493 e. The van der Waals surface area contributed by atoms with Crippen LogP contribution in [0.15, 0.2) is 60.9 Å². The summed E-state index contributed by atoms with van der Waals surface area (Å²) >= 11 is 0.